The quantitative estimate of drug-likeness (QED) is 0.618. The summed E-state index contributed by atoms with van der Waals surface area (Å²) in [6.07, 6.45) is -0.392. The number of halogens is 1. The minimum absolute atomic E-state index is 0.111. The topological polar surface area (TPSA) is 83.9 Å². The van der Waals surface area contributed by atoms with Gasteiger partial charge in [0.2, 0.25) is 0 Å². The van der Waals surface area contributed by atoms with Crippen molar-refractivity contribution in [3.8, 4) is 0 Å². The SMILES string of the molecule is CO[C@@H](CCN1C(=O)c2ccccc2C1=O)[C@@H](Br)C(=O)O. The number of alkyl halides is 1. The van der Waals surface area contributed by atoms with Crippen LogP contribution in [0.1, 0.15) is 27.1 Å². The summed E-state index contributed by atoms with van der Waals surface area (Å²) in [6.45, 7) is 0.111. The molecule has 0 spiro atoms. The summed E-state index contributed by atoms with van der Waals surface area (Å²) in [5, 5.41) is 8.95. The van der Waals surface area contributed by atoms with Gasteiger partial charge in [0.15, 0.2) is 0 Å². The van der Waals surface area contributed by atoms with Gasteiger partial charge >= 0.3 is 5.97 Å². The molecule has 0 radical (unpaired) electrons. The highest BCUT2D eigenvalue weighted by Gasteiger charge is 2.36. The van der Waals surface area contributed by atoms with Crippen molar-refractivity contribution in [2.24, 2.45) is 0 Å². The molecule has 1 aliphatic heterocycles. The number of imide groups is 1. The van der Waals surface area contributed by atoms with Gasteiger partial charge in [-0.15, -0.1) is 0 Å². The van der Waals surface area contributed by atoms with Crippen LogP contribution in [0.15, 0.2) is 24.3 Å². The molecule has 1 aromatic carbocycles. The molecule has 2 rings (SSSR count). The molecule has 0 bridgehead atoms. The Labute approximate surface area is 129 Å². The van der Waals surface area contributed by atoms with Gasteiger partial charge in [-0.3, -0.25) is 19.3 Å². The van der Waals surface area contributed by atoms with Crippen LogP contribution in [0.25, 0.3) is 0 Å². The number of ether oxygens (including phenoxy) is 1. The minimum atomic E-state index is -1.05. The molecule has 21 heavy (non-hydrogen) atoms. The van der Waals surface area contributed by atoms with E-state index in [2.05, 4.69) is 15.9 Å². The number of benzene rings is 1. The van der Waals surface area contributed by atoms with Crippen LogP contribution in [0.3, 0.4) is 0 Å². The van der Waals surface area contributed by atoms with E-state index in [0.29, 0.717) is 11.1 Å². The first kappa shape index (κ1) is 15.7. The first-order valence-corrected chi connectivity index (χ1v) is 7.23. The van der Waals surface area contributed by atoms with Crippen molar-refractivity contribution in [1.82, 2.24) is 4.90 Å². The maximum atomic E-state index is 12.1. The molecule has 112 valence electrons. The average Bonchev–Trinajstić information content (AvgIpc) is 2.72. The smallest absolute Gasteiger partial charge is 0.319 e. The molecule has 0 aromatic heterocycles. The van der Waals surface area contributed by atoms with Crippen molar-refractivity contribution in [2.75, 3.05) is 13.7 Å². The predicted molar refractivity (Wildman–Crippen MR) is 77.6 cm³/mol. The zero-order chi connectivity index (χ0) is 15.6. The third kappa shape index (κ3) is 2.98. The maximum absolute atomic E-state index is 12.1. The molecule has 0 aliphatic carbocycles. The van der Waals surface area contributed by atoms with E-state index in [1.807, 2.05) is 0 Å². The molecule has 2 atom stereocenters. The van der Waals surface area contributed by atoms with E-state index in [1.165, 1.54) is 7.11 Å². The lowest BCUT2D eigenvalue weighted by Crippen LogP contribution is -2.37. The van der Waals surface area contributed by atoms with Crippen molar-refractivity contribution >= 4 is 33.7 Å². The molecular weight excluding hydrogens is 342 g/mol. The summed E-state index contributed by atoms with van der Waals surface area (Å²) in [4.78, 5) is 35.5. The lowest BCUT2D eigenvalue weighted by Gasteiger charge is -2.21. The second-order valence-electron chi connectivity index (χ2n) is 4.61. The van der Waals surface area contributed by atoms with Crippen molar-refractivity contribution < 1.29 is 24.2 Å². The lowest BCUT2D eigenvalue weighted by molar-refractivity contribution is -0.138. The molecule has 2 amide bonds. The van der Waals surface area contributed by atoms with Crippen molar-refractivity contribution in [1.29, 1.82) is 0 Å². The average molecular weight is 356 g/mol. The van der Waals surface area contributed by atoms with Crippen LogP contribution in [0.2, 0.25) is 0 Å². The highest BCUT2D eigenvalue weighted by Crippen LogP contribution is 2.23. The van der Waals surface area contributed by atoms with Crippen molar-refractivity contribution in [3.05, 3.63) is 35.4 Å². The molecule has 6 nitrogen and oxygen atoms in total. The second kappa shape index (κ2) is 6.36. The summed E-state index contributed by atoms with van der Waals surface area (Å²) < 4.78 is 5.10. The number of hydrogen-bond donors (Lipinski definition) is 1. The standard InChI is InChI=1S/C14H14BrNO5/c1-21-10(11(15)14(19)20)6-7-16-12(17)8-4-2-3-5-9(8)13(16)18/h2-5,10-11H,6-7H2,1H3,(H,19,20)/t10-,11+/m0/s1. The number of carbonyl (C=O) groups is 3. The van der Waals surface area contributed by atoms with Crippen LogP contribution in [-0.4, -0.2) is 52.4 Å². The number of hydrogen-bond acceptors (Lipinski definition) is 4. The van der Waals surface area contributed by atoms with Gasteiger partial charge < -0.3 is 9.84 Å². The molecule has 0 fully saturated rings. The highest BCUT2D eigenvalue weighted by atomic mass is 79.9. The number of fused-ring (bicyclic) bond motifs is 1. The number of carbonyl (C=O) groups excluding carboxylic acids is 2. The minimum Gasteiger partial charge on any atom is -0.480 e. The van der Waals surface area contributed by atoms with Crippen LogP contribution < -0.4 is 0 Å². The number of carboxylic acids is 1. The number of aliphatic carboxylic acids is 1. The van der Waals surface area contributed by atoms with Crippen LogP contribution >= 0.6 is 15.9 Å². The van der Waals surface area contributed by atoms with E-state index >= 15 is 0 Å². The molecular formula is C14H14BrNO5. The highest BCUT2D eigenvalue weighted by molar-refractivity contribution is 9.10. The Morgan fingerprint density at radius 2 is 1.81 bits per heavy atom. The first-order valence-electron chi connectivity index (χ1n) is 6.32. The van der Waals surface area contributed by atoms with Crippen molar-refractivity contribution in [2.45, 2.75) is 17.4 Å². The third-order valence-electron chi connectivity index (χ3n) is 3.38. The first-order chi connectivity index (χ1) is 9.97. The fourth-order valence-corrected chi connectivity index (χ4v) is 2.72. The van der Waals surface area contributed by atoms with Gasteiger partial charge in [-0.2, -0.15) is 0 Å². The van der Waals surface area contributed by atoms with E-state index in [1.54, 1.807) is 24.3 Å². The van der Waals surface area contributed by atoms with E-state index < -0.39 is 16.9 Å². The van der Waals surface area contributed by atoms with Crippen LogP contribution in [0.4, 0.5) is 0 Å². The summed E-state index contributed by atoms with van der Waals surface area (Å²) in [5.41, 5.74) is 0.759. The Kier molecular flexibility index (Phi) is 4.74. The number of nitrogens with zero attached hydrogens (tertiary/aromatic N) is 1. The Hall–Kier alpha value is -1.73. The lowest BCUT2D eigenvalue weighted by atomic mass is 10.1. The van der Waals surface area contributed by atoms with Gasteiger partial charge in [0.25, 0.3) is 11.8 Å². The predicted octanol–water partition coefficient (Wildman–Crippen LogP) is 1.54. The van der Waals surface area contributed by atoms with Crippen LogP contribution in [0.5, 0.6) is 0 Å². The van der Waals surface area contributed by atoms with Gasteiger partial charge in [-0.1, -0.05) is 28.1 Å². The molecule has 1 heterocycles. The summed E-state index contributed by atoms with van der Waals surface area (Å²) >= 11 is 3.02. The fourth-order valence-electron chi connectivity index (χ4n) is 2.24. The normalized spacial score (nSPS) is 16.8. The van der Waals surface area contributed by atoms with Crippen LogP contribution in [0, 0.1) is 0 Å². The zero-order valence-corrected chi connectivity index (χ0v) is 12.9. The molecule has 1 aromatic rings. The van der Waals surface area contributed by atoms with Gasteiger partial charge in [-0.05, 0) is 18.6 Å². The molecule has 0 saturated carbocycles. The van der Waals surface area contributed by atoms with Gasteiger partial charge in [-0.25, -0.2) is 0 Å². The molecule has 0 unspecified atom stereocenters. The summed E-state index contributed by atoms with van der Waals surface area (Å²) in [7, 11) is 1.39. The number of methoxy groups -OCH3 is 1. The van der Waals surface area contributed by atoms with Gasteiger partial charge in [0.1, 0.15) is 4.83 Å². The van der Waals surface area contributed by atoms with E-state index in [0.717, 1.165) is 4.90 Å². The van der Waals surface area contributed by atoms with E-state index in [4.69, 9.17) is 9.84 Å². The number of rotatable bonds is 6. The Balaban J connectivity index is 2.07. The summed E-state index contributed by atoms with van der Waals surface area (Å²) in [5.74, 6) is -1.76. The second-order valence-corrected chi connectivity index (χ2v) is 5.60. The number of amides is 2. The largest absolute Gasteiger partial charge is 0.480 e. The molecule has 0 saturated heterocycles. The maximum Gasteiger partial charge on any atom is 0.319 e. The Bertz CT molecular complexity index is 553. The van der Waals surface area contributed by atoms with E-state index in [-0.39, 0.29) is 24.8 Å². The Morgan fingerprint density at radius 3 is 2.24 bits per heavy atom. The fraction of sp³-hybridized carbons (Fsp3) is 0.357. The number of carboxylic acid groups (broad SMARTS) is 1. The third-order valence-corrected chi connectivity index (χ3v) is 4.36. The Morgan fingerprint density at radius 1 is 1.29 bits per heavy atom. The zero-order valence-electron chi connectivity index (χ0n) is 11.3. The van der Waals surface area contributed by atoms with Crippen molar-refractivity contribution in [3.63, 3.8) is 0 Å². The molecule has 7 heteroatoms. The van der Waals surface area contributed by atoms with Gasteiger partial charge in [0.05, 0.1) is 17.2 Å². The van der Waals surface area contributed by atoms with Crippen LogP contribution in [-0.2, 0) is 9.53 Å². The monoisotopic (exact) mass is 355 g/mol. The summed E-state index contributed by atoms with van der Waals surface area (Å²) in [6, 6.07) is 6.61. The van der Waals surface area contributed by atoms with Gasteiger partial charge in [0, 0.05) is 13.7 Å². The van der Waals surface area contributed by atoms with E-state index in [9.17, 15) is 14.4 Å². The molecule has 1 aliphatic rings. The molecule has 1 N–H and O–H groups in total.